The van der Waals surface area contributed by atoms with Gasteiger partial charge in [-0.1, -0.05) is 44.5 Å². The molecule has 0 aliphatic heterocycles. The number of methoxy groups -OCH3 is 1. The van der Waals surface area contributed by atoms with Crippen LogP contribution in [0.1, 0.15) is 67.6 Å². The maximum Gasteiger partial charge on any atom is 0.343 e. The van der Waals surface area contributed by atoms with Crippen molar-refractivity contribution in [3.05, 3.63) is 65.2 Å². The van der Waals surface area contributed by atoms with Crippen molar-refractivity contribution < 1.29 is 23.7 Å². The summed E-state index contributed by atoms with van der Waals surface area (Å²) in [5.41, 5.74) is 2.81. The smallest absolute Gasteiger partial charge is 0.343 e. The van der Waals surface area contributed by atoms with Crippen LogP contribution in [0.4, 0.5) is 0 Å². The Balaban J connectivity index is 1.74. The van der Waals surface area contributed by atoms with Crippen molar-refractivity contribution in [3.8, 4) is 5.75 Å². The van der Waals surface area contributed by atoms with E-state index in [0.29, 0.717) is 37.1 Å². The molecule has 32 heavy (non-hydrogen) atoms. The number of hydrogen-bond acceptors (Lipinski definition) is 5. The lowest BCUT2D eigenvalue weighted by Crippen LogP contribution is -2.09. The second-order valence-corrected chi connectivity index (χ2v) is 8.20. The van der Waals surface area contributed by atoms with Gasteiger partial charge in [-0.15, -0.1) is 0 Å². The molecule has 0 aliphatic rings. The molecule has 5 heteroatoms. The topological polar surface area (TPSA) is 54.0 Å². The lowest BCUT2D eigenvalue weighted by molar-refractivity contribution is 0.0384. The molecule has 2 aromatic rings. The number of rotatable bonds is 15. The van der Waals surface area contributed by atoms with Crippen LogP contribution in [0.5, 0.6) is 5.75 Å². The Morgan fingerprint density at radius 3 is 2.16 bits per heavy atom. The van der Waals surface area contributed by atoms with E-state index in [-0.39, 0.29) is 12.1 Å². The van der Waals surface area contributed by atoms with E-state index in [1.165, 1.54) is 5.56 Å². The summed E-state index contributed by atoms with van der Waals surface area (Å²) in [6.07, 6.45) is 3.89. The van der Waals surface area contributed by atoms with Crippen LogP contribution in [0, 0.1) is 5.92 Å². The molecule has 0 fully saturated rings. The lowest BCUT2D eigenvalue weighted by atomic mass is 9.99. The second-order valence-electron chi connectivity index (χ2n) is 8.20. The average Bonchev–Trinajstić information content (AvgIpc) is 2.81. The summed E-state index contributed by atoms with van der Waals surface area (Å²) in [7, 11) is 1.69. The van der Waals surface area contributed by atoms with E-state index in [1.54, 1.807) is 19.2 Å². The first-order valence-corrected chi connectivity index (χ1v) is 11.6. The predicted octanol–water partition coefficient (Wildman–Crippen LogP) is 6.02. The van der Waals surface area contributed by atoms with E-state index in [1.807, 2.05) is 43.3 Å². The molecule has 2 atom stereocenters. The van der Waals surface area contributed by atoms with Gasteiger partial charge in [-0.25, -0.2) is 4.79 Å². The summed E-state index contributed by atoms with van der Waals surface area (Å²) in [6.45, 7) is 9.19. The summed E-state index contributed by atoms with van der Waals surface area (Å²) in [6, 6.07) is 15.2. The normalized spacial score (nSPS) is 13.0. The highest BCUT2D eigenvalue weighted by molar-refractivity contribution is 5.91. The van der Waals surface area contributed by atoms with Crippen molar-refractivity contribution in [2.75, 3.05) is 33.5 Å². The minimum Gasteiger partial charge on any atom is -0.423 e. The van der Waals surface area contributed by atoms with Crippen LogP contribution < -0.4 is 4.74 Å². The zero-order valence-electron chi connectivity index (χ0n) is 20.0. The molecule has 2 rings (SSSR count). The third-order valence-electron chi connectivity index (χ3n) is 5.47. The van der Waals surface area contributed by atoms with Crippen molar-refractivity contribution >= 4 is 5.97 Å². The number of carbonyl (C=O) groups is 1. The number of ether oxygens (including phenoxy) is 4. The zero-order chi connectivity index (χ0) is 23.2. The Bertz CT molecular complexity index is 770. The van der Waals surface area contributed by atoms with E-state index in [4.69, 9.17) is 18.9 Å². The van der Waals surface area contributed by atoms with Gasteiger partial charge >= 0.3 is 5.97 Å². The minimum absolute atomic E-state index is 0.0494. The molecule has 0 saturated heterocycles. The molecule has 0 spiro atoms. The van der Waals surface area contributed by atoms with Crippen molar-refractivity contribution in [2.45, 2.75) is 52.6 Å². The van der Waals surface area contributed by atoms with Crippen molar-refractivity contribution in [2.24, 2.45) is 5.92 Å². The Morgan fingerprint density at radius 1 is 0.875 bits per heavy atom. The van der Waals surface area contributed by atoms with Crippen LogP contribution in [-0.2, 0) is 20.6 Å². The molecule has 5 nitrogen and oxygen atoms in total. The summed E-state index contributed by atoms with van der Waals surface area (Å²) in [4.78, 5) is 12.5. The van der Waals surface area contributed by atoms with Gasteiger partial charge in [-0.2, -0.15) is 0 Å². The Kier molecular flexibility index (Phi) is 12.0. The highest BCUT2D eigenvalue weighted by Crippen LogP contribution is 2.20. The van der Waals surface area contributed by atoms with Crippen molar-refractivity contribution in [1.29, 1.82) is 0 Å². The van der Waals surface area contributed by atoms with Crippen LogP contribution in [0.15, 0.2) is 48.5 Å². The van der Waals surface area contributed by atoms with Gasteiger partial charge in [0.25, 0.3) is 0 Å². The Hall–Kier alpha value is -2.21. The summed E-state index contributed by atoms with van der Waals surface area (Å²) in [5, 5.41) is 0. The van der Waals surface area contributed by atoms with Crippen molar-refractivity contribution in [3.63, 3.8) is 0 Å². The third kappa shape index (κ3) is 9.51. The fraction of sp³-hybridized carbons (Fsp3) is 0.519. The number of carbonyl (C=O) groups excluding carboxylic acids is 1. The molecule has 0 heterocycles. The first kappa shape index (κ1) is 26.0. The van der Waals surface area contributed by atoms with E-state index in [2.05, 4.69) is 13.8 Å². The number of esters is 1. The molecule has 0 aliphatic carbocycles. The van der Waals surface area contributed by atoms with Crippen LogP contribution in [0.3, 0.4) is 0 Å². The van der Waals surface area contributed by atoms with E-state index in [0.717, 1.165) is 37.9 Å². The molecular formula is C27H38O5. The second kappa shape index (κ2) is 14.8. The van der Waals surface area contributed by atoms with Crippen molar-refractivity contribution in [1.82, 2.24) is 0 Å². The minimum atomic E-state index is -0.356. The van der Waals surface area contributed by atoms with Gasteiger partial charge in [0.1, 0.15) is 5.75 Å². The fourth-order valence-corrected chi connectivity index (χ4v) is 3.22. The number of benzene rings is 2. The van der Waals surface area contributed by atoms with E-state index in [9.17, 15) is 4.79 Å². The molecule has 0 amide bonds. The predicted molar refractivity (Wildman–Crippen MR) is 127 cm³/mol. The highest BCUT2D eigenvalue weighted by Gasteiger charge is 2.11. The van der Waals surface area contributed by atoms with Gasteiger partial charge in [0.2, 0.25) is 0 Å². The Labute approximate surface area is 193 Å². The van der Waals surface area contributed by atoms with Gasteiger partial charge in [-0.3, -0.25) is 0 Å². The molecule has 2 unspecified atom stereocenters. The zero-order valence-corrected chi connectivity index (χ0v) is 20.0. The molecule has 0 N–H and O–H groups in total. The van der Waals surface area contributed by atoms with Gasteiger partial charge in [0.15, 0.2) is 0 Å². The first-order chi connectivity index (χ1) is 15.5. The largest absolute Gasteiger partial charge is 0.423 e. The standard InChI is InChI=1S/C27H38O5/c1-5-21(2)20-23-8-14-26(15-9-23)32-27(28)25-12-10-24(11-13-25)22(3)31-19-7-18-30-17-6-16-29-4/h8-15,21-22H,5-7,16-20H2,1-4H3. The molecule has 0 radical (unpaired) electrons. The number of hydrogen-bond donors (Lipinski definition) is 0. The quantitative estimate of drug-likeness (QED) is 0.192. The van der Waals surface area contributed by atoms with Gasteiger partial charge < -0.3 is 18.9 Å². The van der Waals surface area contributed by atoms with Crippen LogP contribution in [-0.4, -0.2) is 39.5 Å². The van der Waals surface area contributed by atoms with Gasteiger partial charge in [0, 0.05) is 33.5 Å². The monoisotopic (exact) mass is 442 g/mol. The molecular weight excluding hydrogens is 404 g/mol. The summed E-state index contributed by atoms with van der Waals surface area (Å²) in [5.74, 6) is 0.853. The maximum atomic E-state index is 12.5. The fourth-order valence-electron chi connectivity index (χ4n) is 3.22. The van der Waals surface area contributed by atoms with Crippen LogP contribution >= 0.6 is 0 Å². The summed E-state index contributed by atoms with van der Waals surface area (Å²) < 4.78 is 21.9. The molecule has 0 bridgehead atoms. The van der Waals surface area contributed by atoms with Gasteiger partial charge in [0.05, 0.1) is 11.7 Å². The van der Waals surface area contributed by atoms with E-state index < -0.39 is 0 Å². The molecule has 2 aromatic carbocycles. The highest BCUT2D eigenvalue weighted by atomic mass is 16.5. The molecule has 176 valence electrons. The lowest BCUT2D eigenvalue weighted by Gasteiger charge is -2.14. The average molecular weight is 443 g/mol. The Morgan fingerprint density at radius 2 is 1.53 bits per heavy atom. The SMILES string of the molecule is CCC(C)Cc1ccc(OC(=O)c2ccc(C(C)OCCCOCCCOC)cc2)cc1. The summed E-state index contributed by atoms with van der Waals surface area (Å²) >= 11 is 0. The van der Waals surface area contributed by atoms with E-state index >= 15 is 0 Å². The molecule has 0 aromatic heterocycles. The maximum absolute atomic E-state index is 12.5. The molecule has 0 saturated carbocycles. The van der Waals surface area contributed by atoms with Crippen LogP contribution in [0.25, 0.3) is 0 Å². The first-order valence-electron chi connectivity index (χ1n) is 11.6. The third-order valence-corrected chi connectivity index (χ3v) is 5.47. The van der Waals surface area contributed by atoms with Crippen LogP contribution in [0.2, 0.25) is 0 Å². The van der Waals surface area contributed by atoms with Gasteiger partial charge in [-0.05, 0) is 67.5 Å².